The fourth-order valence-electron chi connectivity index (χ4n) is 6.21. The van der Waals surface area contributed by atoms with Crippen LogP contribution in [0.3, 0.4) is 0 Å². The van der Waals surface area contributed by atoms with E-state index in [1.807, 2.05) is 6.33 Å². The minimum atomic E-state index is 0.143. The highest BCUT2D eigenvalue weighted by atomic mass is 16.5. The minimum Gasteiger partial charge on any atom is -0.383 e. The Kier molecular flexibility index (Phi) is 5.86. The van der Waals surface area contributed by atoms with Crippen LogP contribution in [0.15, 0.2) is 12.4 Å². The molecule has 1 spiro atoms. The van der Waals surface area contributed by atoms with Crippen LogP contribution >= 0.6 is 0 Å². The number of carbonyl (C=O) groups excluding carboxylic acids is 1. The number of hydrogen-bond acceptors (Lipinski definition) is 4. The summed E-state index contributed by atoms with van der Waals surface area (Å²) in [5, 5.41) is 8.93. The molecule has 1 atom stereocenters. The highest BCUT2D eigenvalue weighted by Gasteiger charge is 2.51. The van der Waals surface area contributed by atoms with Gasteiger partial charge in [0, 0.05) is 50.6 Å². The van der Waals surface area contributed by atoms with E-state index in [0.717, 1.165) is 54.9 Å². The van der Waals surface area contributed by atoms with Crippen molar-refractivity contribution < 1.29 is 9.53 Å². The first-order chi connectivity index (χ1) is 15.5. The normalized spacial score (nSPS) is 22.7. The van der Waals surface area contributed by atoms with Crippen molar-refractivity contribution in [3.05, 3.63) is 35.2 Å². The molecule has 1 amide bonds. The number of rotatable bonds is 7. The van der Waals surface area contributed by atoms with E-state index in [-0.39, 0.29) is 17.2 Å². The topological polar surface area (TPSA) is 65.2 Å². The molecular weight excluding hydrogens is 402 g/mol. The van der Waals surface area contributed by atoms with Gasteiger partial charge in [-0.05, 0) is 56.9 Å². The Morgan fingerprint density at radius 1 is 1.22 bits per heavy atom. The van der Waals surface area contributed by atoms with Gasteiger partial charge in [0.1, 0.15) is 12.2 Å². The number of carbonyl (C=O) groups is 1. The number of amides is 1. The zero-order valence-electron chi connectivity index (χ0n) is 19.8. The van der Waals surface area contributed by atoms with Crippen LogP contribution in [-0.2, 0) is 17.8 Å². The second-order valence-electron chi connectivity index (χ2n) is 10.4. The lowest BCUT2D eigenvalue weighted by Crippen LogP contribution is -2.34. The summed E-state index contributed by atoms with van der Waals surface area (Å²) in [7, 11) is 1.72. The smallest absolute Gasteiger partial charge is 0.255 e. The average Bonchev–Trinajstić information content (AvgIpc) is 3.26. The highest BCUT2D eigenvalue weighted by molar-refractivity contribution is 5.96. The van der Waals surface area contributed by atoms with Gasteiger partial charge in [0.15, 0.2) is 0 Å². The van der Waals surface area contributed by atoms with Gasteiger partial charge in [-0.15, -0.1) is 10.2 Å². The molecule has 7 nitrogen and oxygen atoms in total. The molecule has 2 saturated carbocycles. The van der Waals surface area contributed by atoms with Gasteiger partial charge < -0.3 is 18.8 Å². The summed E-state index contributed by atoms with van der Waals surface area (Å²) in [6.45, 7) is 8.19. The highest BCUT2D eigenvalue weighted by Crippen LogP contribution is 2.52. The van der Waals surface area contributed by atoms with E-state index in [1.54, 1.807) is 7.11 Å². The number of ether oxygens (including phenoxy) is 1. The van der Waals surface area contributed by atoms with Crippen molar-refractivity contribution >= 4 is 5.91 Å². The van der Waals surface area contributed by atoms with Gasteiger partial charge in [0.25, 0.3) is 5.91 Å². The molecule has 174 valence electrons. The van der Waals surface area contributed by atoms with Crippen molar-refractivity contribution in [3.8, 4) is 0 Å². The van der Waals surface area contributed by atoms with Gasteiger partial charge in [-0.3, -0.25) is 4.79 Å². The van der Waals surface area contributed by atoms with Crippen molar-refractivity contribution in [2.24, 2.45) is 11.3 Å². The van der Waals surface area contributed by atoms with Crippen molar-refractivity contribution in [2.45, 2.75) is 77.8 Å². The predicted octanol–water partition coefficient (Wildman–Crippen LogP) is 3.94. The number of aromatic nitrogens is 4. The third-order valence-corrected chi connectivity index (χ3v) is 8.22. The van der Waals surface area contributed by atoms with E-state index >= 15 is 0 Å². The van der Waals surface area contributed by atoms with Gasteiger partial charge in [-0.25, -0.2) is 0 Å². The van der Waals surface area contributed by atoms with E-state index in [1.165, 1.54) is 44.9 Å². The summed E-state index contributed by atoms with van der Waals surface area (Å²) in [5.41, 5.74) is 3.14. The van der Waals surface area contributed by atoms with Gasteiger partial charge in [0.2, 0.25) is 0 Å². The molecule has 5 rings (SSSR count). The van der Waals surface area contributed by atoms with E-state index in [9.17, 15) is 4.79 Å². The first kappa shape index (κ1) is 21.7. The molecule has 0 bridgehead atoms. The minimum absolute atomic E-state index is 0.143. The molecule has 0 radical (unpaired) electrons. The van der Waals surface area contributed by atoms with Crippen molar-refractivity contribution in [2.75, 3.05) is 26.8 Å². The average molecular weight is 440 g/mol. The fourth-order valence-corrected chi connectivity index (χ4v) is 6.21. The zero-order chi connectivity index (χ0) is 22.3. The van der Waals surface area contributed by atoms with E-state index in [4.69, 9.17) is 4.74 Å². The summed E-state index contributed by atoms with van der Waals surface area (Å²) >= 11 is 0. The Hall–Kier alpha value is -2.15. The summed E-state index contributed by atoms with van der Waals surface area (Å²) < 4.78 is 9.76. The maximum absolute atomic E-state index is 13.8. The standard InChI is InChI=1S/C25H37N5O2/c1-18-13-21(19(2)30(18)11-12-32-3)24(31)28-15-22(25(16-28)9-5-4-6-10-25)23-27-26-17-29(23)14-20-7-8-20/h13,17,20,22H,4-12,14-16H2,1-3H3. The summed E-state index contributed by atoms with van der Waals surface area (Å²) in [6, 6.07) is 2.06. The second kappa shape index (κ2) is 8.65. The van der Waals surface area contributed by atoms with Gasteiger partial charge in [-0.2, -0.15) is 0 Å². The molecule has 1 aliphatic heterocycles. The van der Waals surface area contributed by atoms with Crippen LogP contribution in [0.4, 0.5) is 0 Å². The van der Waals surface area contributed by atoms with Crippen LogP contribution in [0, 0.1) is 25.2 Å². The molecule has 0 aromatic carbocycles. The number of nitrogens with zero attached hydrogens (tertiary/aromatic N) is 5. The van der Waals surface area contributed by atoms with Crippen LogP contribution in [0.25, 0.3) is 0 Å². The lowest BCUT2D eigenvalue weighted by Gasteiger charge is -2.37. The quantitative estimate of drug-likeness (QED) is 0.655. The predicted molar refractivity (Wildman–Crippen MR) is 123 cm³/mol. The molecule has 2 aliphatic carbocycles. The Morgan fingerprint density at radius 3 is 2.72 bits per heavy atom. The lowest BCUT2D eigenvalue weighted by molar-refractivity contribution is 0.0757. The lowest BCUT2D eigenvalue weighted by atomic mass is 9.67. The van der Waals surface area contributed by atoms with Crippen LogP contribution in [0.2, 0.25) is 0 Å². The summed E-state index contributed by atoms with van der Waals surface area (Å²) in [5.74, 6) is 2.34. The Balaban J connectivity index is 1.43. The van der Waals surface area contributed by atoms with Crippen LogP contribution in [-0.4, -0.2) is 56.9 Å². The van der Waals surface area contributed by atoms with E-state index < -0.39 is 0 Å². The Bertz CT molecular complexity index is 967. The molecule has 3 aliphatic rings. The van der Waals surface area contributed by atoms with Crippen LogP contribution in [0.1, 0.15) is 78.4 Å². The second-order valence-corrected chi connectivity index (χ2v) is 10.4. The summed E-state index contributed by atoms with van der Waals surface area (Å²) in [4.78, 5) is 15.9. The number of likely N-dealkylation sites (tertiary alicyclic amines) is 1. The maximum Gasteiger partial charge on any atom is 0.255 e. The van der Waals surface area contributed by atoms with E-state index in [2.05, 4.69) is 44.1 Å². The third-order valence-electron chi connectivity index (χ3n) is 8.22. The van der Waals surface area contributed by atoms with Gasteiger partial charge in [-0.1, -0.05) is 19.3 Å². The third kappa shape index (κ3) is 3.89. The SMILES string of the molecule is COCCn1c(C)cc(C(=O)N2CC(c3nncn3CC3CC3)C3(CCCCC3)C2)c1C. The number of methoxy groups -OCH3 is 1. The maximum atomic E-state index is 13.8. The zero-order valence-corrected chi connectivity index (χ0v) is 19.8. The van der Waals surface area contributed by atoms with Crippen LogP contribution in [0.5, 0.6) is 0 Å². The fraction of sp³-hybridized carbons (Fsp3) is 0.720. The van der Waals surface area contributed by atoms with Crippen molar-refractivity contribution in [1.29, 1.82) is 0 Å². The molecule has 3 heterocycles. The molecule has 3 fully saturated rings. The first-order valence-electron chi connectivity index (χ1n) is 12.3. The molecule has 2 aromatic heterocycles. The molecule has 1 saturated heterocycles. The largest absolute Gasteiger partial charge is 0.383 e. The molecule has 7 heteroatoms. The Morgan fingerprint density at radius 2 is 2.00 bits per heavy atom. The Labute approximate surface area is 191 Å². The number of aryl methyl sites for hydroxylation is 1. The molecule has 1 unspecified atom stereocenters. The summed E-state index contributed by atoms with van der Waals surface area (Å²) in [6.07, 6.45) is 10.7. The van der Waals surface area contributed by atoms with Gasteiger partial charge in [0.05, 0.1) is 12.2 Å². The van der Waals surface area contributed by atoms with Crippen LogP contribution < -0.4 is 0 Å². The van der Waals surface area contributed by atoms with Crippen molar-refractivity contribution in [1.82, 2.24) is 24.2 Å². The van der Waals surface area contributed by atoms with Crippen molar-refractivity contribution in [3.63, 3.8) is 0 Å². The molecule has 2 aromatic rings. The molecule has 0 N–H and O–H groups in total. The van der Waals surface area contributed by atoms with E-state index in [0.29, 0.717) is 6.61 Å². The monoisotopic (exact) mass is 439 g/mol. The first-order valence-corrected chi connectivity index (χ1v) is 12.3. The van der Waals surface area contributed by atoms with Gasteiger partial charge >= 0.3 is 0 Å². The molecule has 32 heavy (non-hydrogen) atoms. The molecular formula is C25H37N5O2. The number of hydrogen-bond donors (Lipinski definition) is 0.